The number of ether oxygens (including phenoxy) is 1. The first-order chi connectivity index (χ1) is 50.2. The van der Waals surface area contributed by atoms with Crippen LogP contribution in [0.4, 0.5) is 0 Å². The van der Waals surface area contributed by atoms with E-state index in [2.05, 4.69) is 45.3 Å². The van der Waals surface area contributed by atoms with E-state index in [1.165, 1.54) is 6.07 Å². The summed E-state index contributed by atoms with van der Waals surface area (Å²) in [6.07, 6.45) is 5.49. The maximum atomic E-state index is 10.1. The summed E-state index contributed by atoms with van der Waals surface area (Å²) < 4.78 is 202. The third kappa shape index (κ3) is 9.33. The fourth-order valence-electron chi connectivity index (χ4n) is 12.2. The number of aromatic nitrogens is 4. The zero-order valence-corrected chi connectivity index (χ0v) is 51.1. The van der Waals surface area contributed by atoms with Crippen LogP contribution < -0.4 is 30.1 Å². The number of fused-ring (bicyclic) bond motifs is 10. The number of imidazole rings is 1. The third-order valence-electron chi connectivity index (χ3n) is 16.1. The summed E-state index contributed by atoms with van der Waals surface area (Å²) in [7, 11) is -5.92. The molecule has 1 aliphatic heterocycles. The Morgan fingerprint density at radius 1 is 0.494 bits per heavy atom. The minimum absolute atomic E-state index is 0. The molecule has 0 saturated heterocycles. The third-order valence-corrected chi connectivity index (χ3v) is 20.3. The van der Waals surface area contributed by atoms with E-state index in [0.29, 0.717) is 55.9 Å². The minimum atomic E-state index is -5.92. The van der Waals surface area contributed by atoms with Crippen molar-refractivity contribution in [3.63, 3.8) is 0 Å². The van der Waals surface area contributed by atoms with Gasteiger partial charge in [0.15, 0.2) is 8.07 Å². The molecule has 4 heterocycles. The van der Waals surface area contributed by atoms with Crippen molar-refractivity contribution in [2.45, 2.75) is 52.4 Å². The van der Waals surface area contributed by atoms with E-state index in [4.69, 9.17) is 17.9 Å². The predicted octanol–water partition coefficient (Wildman–Crippen LogP) is 16.5. The summed E-state index contributed by atoms with van der Waals surface area (Å²) in [4.78, 5) is 4.86. The molecule has 0 unspecified atom stereocenters. The Morgan fingerprint density at radius 3 is 1.76 bits per heavy atom. The van der Waals surface area contributed by atoms with Crippen LogP contribution >= 0.6 is 0 Å². The Kier molecular flexibility index (Phi) is 9.32. The van der Waals surface area contributed by atoms with Gasteiger partial charge in [-0.1, -0.05) is 259 Å². The Morgan fingerprint density at radius 2 is 1.08 bits per heavy atom. The van der Waals surface area contributed by atoms with E-state index >= 15 is 0 Å². The molecule has 0 fully saturated rings. The maximum absolute atomic E-state index is 10.1. The van der Waals surface area contributed by atoms with Crippen molar-refractivity contribution in [3.05, 3.63) is 296 Å². The van der Waals surface area contributed by atoms with Crippen LogP contribution in [-0.2, 0) is 31.9 Å². The van der Waals surface area contributed by atoms with Crippen LogP contribution in [0, 0.1) is 18.5 Å². The van der Waals surface area contributed by atoms with Crippen LogP contribution in [0.5, 0.6) is 11.5 Å². The van der Waals surface area contributed by atoms with Crippen molar-refractivity contribution in [2.75, 3.05) is 0 Å². The van der Waals surface area contributed by atoms with Gasteiger partial charge in [-0.05, 0) is 116 Å². The van der Waals surface area contributed by atoms with E-state index < -0.39 is 150 Å². The quantitative estimate of drug-likeness (QED) is 0.0625. The molecule has 14 aromatic rings. The molecule has 0 atom stereocenters. The van der Waals surface area contributed by atoms with Gasteiger partial charge in [0, 0.05) is 44.3 Å². The molecule has 424 valence electrons. The van der Waals surface area contributed by atoms with Gasteiger partial charge >= 0.3 is 0 Å². The number of para-hydroxylation sites is 2. The smallest absolute Gasteiger partial charge is 0.268 e. The average molecular weight is 1340 g/mol. The summed E-state index contributed by atoms with van der Waals surface area (Å²) in [5.74, 6) is 1.09. The van der Waals surface area contributed by atoms with Gasteiger partial charge in [-0.15, -0.1) is 29.7 Å². The fourth-order valence-corrected chi connectivity index (χ4v) is 16.1. The molecule has 87 heavy (non-hydrogen) atoms. The number of benzene rings is 11. The summed E-state index contributed by atoms with van der Waals surface area (Å²) in [5.41, 5.74) is 5.99. The number of nitrogens with zero attached hydrogens (tertiary/aromatic N) is 4. The maximum Gasteiger partial charge on any atom is 0.268 e. The van der Waals surface area contributed by atoms with Gasteiger partial charge in [0.1, 0.15) is 5.82 Å². The van der Waals surface area contributed by atoms with Gasteiger partial charge in [0.2, 0.25) is 0 Å². The van der Waals surface area contributed by atoms with E-state index in [-0.39, 0.29) is 71.1 Å². The zero-order valence-electron chi connectivity index (χ0n) is 67.9. The molecule has 0 amide bonds. The van der Waals surface area contributed by atoms with Crippen LogP contribution in [0.3, 0.4) is 0 Å². The molecule has 1 aliphatic rings. The van der Waals surface area contributed by atoms with E-state index in [9.17, 15) is 19.2 Å². The minimum Gasteiger partial charge on any atom is -0.510 e. The Hall–Kier alpha value is -9.45. The molecule has 0 N–H and O–H groups in total. The first-order valence-electron chi connectivity index (χ1n) is 38.1. The molecule has 0 aliphatic carbocycles. The molecule has 0 saturated carbocycles. The summed E-state index contributed by atoms with van der Waals surface area (Å²) in [6, 6.07) is 32.4. The molecule has 11 aromatic carbocycles. The van der Waals surface area contributed by atoms with Gasteiger partial charge in [-0.2, -0.15) is 18.2 Å². The van der Waals surface area contributed by atoms with Gasteiger partial charge < -0.3 is 13.9 Å². The summed E-state index contributed by atoms with van der Waals surface area (Å²) >= 11 is 0. The molecule has 0 spiro atoms. The molecule has 7 heteroatoms. The van der Waals surface area contributed by atoms with Crippen LogP contribution in [0.25, 0.3) is 94.5 Å². The predicted molar refractivity (Wildman–Crippen MR) is 356 cm³/mol. The molecule has 0 radical (unpaired) electrons. The summed E-state index contributed by atoms with van der Waals surface area (Å²) in [5, 5.41) is -0.470. The second-order valence-corrected chi connectivity index (χ2v) is 26.8. The van der Waals surface area contributed by atoms with Crippen molar-refractivity contribution in [2.24, 2.45) is 0 Å². The van der Waals surface area contributed by atoms with Gasteiger partial charge in [-0.25, -0.2) is 4.98 Å². The first kappa shape index (κ1) is 37.2. The number of hydrogen-bond acceptors (Lipinski definition) is 2. The average Bonchev–Trinajstić information content (AvgIpc) is 0.885. The van der Waals surface area contributed by atoms with Crippen molar-refractivity contribution in [1.29, 1.82) is 0 Å². The fraction of sp³-hybridized carbons (Fsp3) is 0.100. The van der Waals surface area contributed by atoms with E-state index in [1.807, 2.05) is 96.6 Å². The SMILES string of the molecule is [2H]c1c([2H])c([2H])c(-c2cccc3c2-c2cccc(C(C)(C)C)c2-[n+]2[c-]n(-c4[c-]c(Oc5[c-]c6c(cc5)c5ccccc5n6-c5cc(C(C)(C)C)ccn5)ccc4)c4cc([Si](c5c([2H])c([2H])c([2H])c([2H])c5[2H])(c5c([2H])c([2H])c([2H])c([2H])c5[2H])c5c([2H])c([2H])c([2H])c([2H])c5[2H])cc(c42)-c2ccccc2-3)c([2H])c1[2H].[Pt]. The Labute approximate surface area is 552 Å². The monoisotopic (exact) mass is 1340 g/mol. The van der Waals surface area contributed by atoms with E-state index in [1.54, 1.807) is 71.4 Å². The van der Waals surface area contributed by atoms with Crippen molar-refractivity contribution < 1.29 is 57.8 Å². The Balaban J connectivity index is 0.00000960. The number of hydrogen-bond donors (Lipinski definition) is 0. The molecule has 0 bridgehead atoms. The van der Waals surface area contributed by atoms with Crippen molar-refractivity contribution in [1.82, 2.24) is 14.1 Å². The van der Waals surface area contributed by atoms with Gasteiger partial charge in [0.25, 0.3) is 6.33 Å². The summed E-state index contributed by atoms with van der Waals surface area (Å²) in [6.45, 7) is 12.4. The van der Waals surface area contributed by atoms with Crippen LogP contribution in [0.1, 0.15) is 80.1 Å². The van der Waals surface area contributed by atoms with E-state index in [0.717, 1.165) is 21.9 Å². The normalized spacial score (nSPS) is 15.4. The zero-order chi connectivity index (χ0) is 75.7. The molecular weight excluding hydrogens is 1260 g/mol. The van der Waals surface area contributed by atoms with Gasteiger partial charge in [-0.3, -0.25) is 4.57 Å². The molecule has 3 aromatic heterocycles. The number of rotatable bonds is 9. The molecular formula is C80H62N4OPtSi-2. The van der Waals surface area contributed by atoms with Crippen LogP contribution in [0.15, 0.2) is 267 Å². The molecule has 5 nitrogen and oxygen atoms in total. The Bertz CT molecular complexity index is 5920. The second kappa shape index (κ2) is 21.8. The number of pyridine rings is 1. The second-order valence-electron chi connectivity index (χ2n) is 23.2. The van der Waals surface area contributed by atoms with Crippen LogP contribution in [-0.4, -0.2) is 22.2 Å². The van der Waals surface area contributed by atoms with Crippen molar-refractivity contribution >= 4 is 61.7 Å². The standard InChI is InChI=1S/C80H62N4OSi.Pt/c1-79(2,3)55-46-47-81-75(48-55)84-72-43-22-21-38-66(72)67-45-44-58(50-73(67)84)85-57-29-23-28-56(49-57)82-53-83-77-69(41-25-42-71(77)80(4,5)6)76-63(54-26-11-7-12-27-54)39-24-40-68(76)64-36-19-20-37-65(64)70-51-62(52-74(82)78(70)83)86(59-30-13-8-14-31-59,60-32-15-9-16-33-60)61-34-17-10-18-35-61;/h7-48,51-52H,1-6H3;/q-2;/i7D,8D,9D,10D,11D,12D,13D,14D,15D,16D,17D,18D,26D,27D,30D,31D,32D,33D,34D,35D;. The largest absolute Gasteiger partial charge is 0.510 e. The van der Waals surface area contributed by atoms with Gasteiger partial charge in [0.05, 0.1) is 44.1 Å². The molecule has 15 rings (SSSR count). The topological polar surface area (TPSA) is 35.9 Å². The van der Waals surface area contributed by atoms with Crippen molar-refractivity contribution in [3.8, 4) is 73.2 Å². The first-order valence-corrected chi connectivity index (χ1v) is 30.1. The van der Waals surface area contributed by atoms with Crippen LogP contribution in [0.2, 0.25) is 0 Å².